The Labute approximate surface area is 138 Å². The van der Waals surface area contributed by atoms with Crippen LogP contribution in [-0.2, 0) is 19.3 Å². The van der Waals surface area contributed by atoms with Crippen molar-refractivity contribution >= 4 is 0 Å². The van der Waals surface area contributed by atoms with E-state index in [1.807, 2.05) is 0 Å². The molecule has 0 radical (unpaired) electrons. The molecule has 0 aliphatic heterocycles. The van der Waals surface area contributed by atoms with E-state index in [9.17, 15) is 0 Å². The predicted molar refractivity (Wildman–Crippen MR) is 97.4 cm³/mol. The first-order valence-electron chi connectivity index (χ1n) is 8.14. The minimum atomic E-state index is -0.288. The van der Waals surface area contributed by atoms with Crippen LogP contribution < -0.4 is 5.73 Å². The Morgan fingerprint density at radius 2 is 0.739 bits per heavy atom. The zero-order valence-corrected chi connectivity index (χ0v) is 13.4. The first-order chi connectivity index (χ1) is 11.2. The monoisotopic (exact) mass is 301 g/mol. The quantitative estimate of drug-likeness (QED) is 0.717. The molecule has 2 N–H and O–H groups in total. The van der Waals surface area contributed by atoms with E-state index >= 15 is 0 Å². The standard InChI is InChI=1S/C22H23N/c23-22(16-19-10-4-1-5-11-19,17-20-12-6-2-7-13-20)18-21-14-8-3-9-15-21/h1-15H,16-18,23H2. The van der Waals surface area contributed by atoms with Gasteiger partial charge in [-0.3, -0.25) is 0 Å². The summed E-state index contributed by atoms with van der Waals surface area (Å²) in [6.07, 6.45) is 2.62. The minimum Gasteiger partial charge on any atom is -0.324 e. The first-order valence-corrected chi connectivity index (χ1v) is 8.14. The molecule has 3 rings (SSSR count). The Balaban J connectivity index is 1.85. The molecule has 0 aromatic heterocycles. The zero-order valence-electron chi connectivity index (χ0n) is 13.4. The number of benzene rings is 3. The Morgan fingerprint density at radius 3 is 1.00 bits per heavy atom. The van der Waals surface area contributed by atoms with E-state index in [-0.39, 0.29) is 5.54 Å². The van der Waals surface area contributed by atoms with Gasteiger partial charge in [0, 0.05) is 5.54 Å². The molecule has 0 bridgehead atoms. The molecule has 0 spiro atoms. The molecule has 116 valence electrons. The van der Waals surface area contributed by atoms with Crippen molar-refractivity contribution in [1.29, 1.82) is 0 Å². The average molecular weight is 301 g/mol. The molecule has 0 saturated carbocycles. The summed E-state index contributed by atoms with van der Waals surface area (Å²) in [6.45, 7) is 0. The van der Waals surface area contributed by atoms with Gasteiger partial charge in [0.25, 0.3) is 0 Å². The van der Waals surface area contributed by atoms with Gasteiger partial charge in [0.1, 0.15) is 0 Å². The van der Waals surface area contributed by atoms with E-state index in [0.29, 0.717) is 0 Å². The highest BCUT2D eigenvalue weighted by Crippen LogP contribution is 2.22. The molecule has 0 atom stereocenters. The fraction of sp³-hybridized carbons (Fsp3) is 0.182. The lowest BCUT2D eigenvalue weighted by molar-refractivity contribution is 0.415. The van der Waals surface area contributed by atoms with Gasteiger partial charge in [-0.25, -0.2) is 0 Å². The molecule has 0 aliphatic carbocycles. The highest BCUT2D eigenvalue weighted by atomic mass is 14.7. The lowest BCUT2D eigenvalue weighted by atomic mass is 9.81. The van der Waals surface area contributed by atoms with E-state index < -0.39 is 0 Å². The van der Waals surface area contributed by atoms with Gasteiger partial charge in [-0.15, -0.1) is 0 Å². The summed E-state index contributed by atoms with van der Waals surface area (Å²) in [6, 6.07) is 31.6. The largest absolute Gasteiger partial charge is 0.324 e. The van der Waals surface area contributed by atoms with Crippen LogP contribution in [0.25, 0.3) is 0 Å². The fourth-order valence-electron chi connectivity index (χ4n) is 3.19. The number of rotatable bonds is 6. The second kappa shape index (κ2) is 7.26. The predicted octanol–water partition coefficient (Wildman–Crippen LogP) is 4.41. The fourth-order valence-corrected chi connectivity index (χ4v) is 3.19. The molecular formula is C22H23N. The number of hydrogen-bond donors (Lipinski definition) is 1. The van der Waals surface area contributed by atoms with Crippen molar-refractivity contribution in [3.8, 4) is 0 Å². The second-order valence-corrected chi connectivity index (χ2v) is 6.35. The van der Waals surface area contributed by atoms with Gasteiger partial charge in [0.2, 0.25) is 0 Å². The average Bonchev–Trinajstić information content (AvgIpc) is 2.57. The van der Waals surface area contributed by atoms with Gasteiger partial charge < -0.3 is 5.73 Å². The summed E-state index contributed by atoms with van der Waals surface area (Å²) >= 11 is 0. The van der Waals surface area contributed by atoms with Crippen LogP contribution in [0.1, 0.15) is 16.7 Å². The van der Waals surface area contributed by atoms with Gasteiger partial charge in [0.05, 0.1) is 0 Å². The molecule has 1 nitrogen and oxygen atoms in total. The molecule has 0 heterocycles. The minimum absolute atomic E-state index is 0.288. The van der Waals surface area contributed by atoms with Crippen molar-refractivity contribution < 1.29 is 0 Å². The van der Waals surface area contributed by atoms with Gasteiger partial charge in [0.15, 0.2) is 0 Å². The van der Waals surface area contributed by atoms with Crippen LogP contribution in [0.3, 0.4) is 0 Å². The van der Waals surface area contributed by atoms with Crippen molar-refractivity contribution in [2.45, 2.75) is 24.8 Å². The molecule has 0 saturated heterocycles. The number of hydrogen-bond acceptors (Lipinski definition) is 1. The van der Waals surface area contributed by atoms with Crippen LogP contribution in [0.4, 0.5) is 0 Å². The van der Waals surface area contributed by atoms with Crippen LogP contribution in [0.15, 0.2) is 91.0 Å². The number of nitrogens with two attached hydrogens (primary N) is 1. The van der Waals surface area contributed by atoms with Crippen LogP contribution in [-0.4, -0.2) is 5.54 Å². The van der Waals surface area contributed by atoms with E-state index in [0.717, 1.165) is 19.3 Å². The van der Waals surface area contributed by atoms with Crippen LogP contribution >= 0.6 is 0 Å². The van der Waals surface area contributed by atoms with Crippen molar-refractivity contribution in [2.75, 3.05) is 0 Å². The normalized spacial score (nSPS) is 11.3. The van der Waals surface area contributed by atoms with Gasteiger partial charge in [-0.2, -0.15) is 0 Å². The molecular weight excluding hydrogens is 278 g/mol. The Morgan fingerprint density at radius 1 is 0.478 bits per heavy atom. The van der Waals surface area contributed by atoms with Gasteiger partial charge in [-0.05, 0) is 36.0 Å². The lowest BCUT2D eigenvalue weighted by Crippen LogP contribution is -2.46. The van der Waals surface area contributed by atoms with Crippen molar-refractivity contribution in [1.82, 2.24) is 0 Å². The maximum atomic E-state index is 6.89. The Kier molecular flexibility index (Phi) is 4.89. The van der Waals surface area contributed by atoms with Crippen LogP contribution in [0.2, 0.25) is 0 Å². The molecule has 3 aromatic rings. The van der Waals surface area contributed by atoms with E-state index in [1.165, 1.54) is 16.7 Å². The second-order valence-electron chi connectivity index (χ2n) is 6.35. The van der Waals surface area contributed by atoms with E-state index in [2.05, 4.69) is 91.0 Å². The third kappa shape index (κ3) is 4.54. The van der Waals surface area contributed by atoms with E-state index in [1.54, 1.807) is 0 Å². The highest BCUT2D eigenvalue weighted by molar-refractivity contribution is 5.26. The Hall–Kier alpha value is -2.38. The van der Waals surface area contributed by atoms with Gasteiger partial charge in [-0.1, -0.05) is 91.0 Å². The Bertz CT molecular complexity index is 603. The summed E-state index contributed by atoms with van der Waals surface area (Å²) in [5.41, 5.74) is 10.5. The topological polar surface area (TPSA) is 26.0 Å². The zero-order chi connectivity index (χ0) is 16.0. The first kappa shape index (κ1) is 15.5. The third-order valence-corrected chi connectivity index (χ3v) is 4.20. The van der Waals surface area contributed by atoms with E-state index in [4.69, 9.17) is 5.73 Å². The summed E-state index contributed by atoms with van der Waals surface area (Å²) < 4.78 is 0. The summed E-state index contributed by atoms with van der Waals surface area (Å²) in [5.74, 6) is 0. The molecule has 3 aromatic carbocycles. The summed E-state index contributed by atoms with van der Waals surface area (Å²) in [4.78, 5) is 0. The molecule has 1 heteroatoms. The molecule has 0 fully saturated rings. The molecule has 0 aliphatic rings. The SMILES string of the molecule is NC(Cc1ccccc1)(Cc1ccccc1)Cc1ccccc1. The molecule has 0 amide bonds. The van der Waals surface area contributed by atoms with Crippen molar-refractivity contribution in [2.24, 2.45) is 5.73 Å². The summed E-state index contributed by atoms with van der Waals surface area (Å²) in [5, 5.41) is 0. The smallest absolute Gasteiger partial charge is 0.0276 e. The third-order valence-electron chi connectivity index (χ3n) is 4.20. The lowest BCUT2D eigenvalue weighted by Gasteiger charge is -2.30. The maximum Gasteiger partial charge on any atom is 0.0276 e. The van der Waals surface area contributed by atoms with Gasteiger partial charge >= 0.3 is 0 Å². The molecule has 23 heavy (non-hydrogen) atoms. The van der Waals surface area contributed by atoms with Crippen molar-refractivity contribution in [3.63, 3.8) is 0 Å². The van der Waals surface area contributed by atoms with Crippen LogP contribution in [0, 0.1) is 0 Å². The highest BCUT2D eigenvalue weighted by Gasteiger charge is 2.26. The summed E-state index contributed by atoms with van der Waals surface area (Å²) in [7, 11) is 0. The van der Waals surface area contributed by atoms with Crippen molar-refractivity contribution in [3.05, 3.63) is 108 Å². The maximum absolute atomic E-state index is 6.89. The van der Waals surface area contributed by atoms with Crippen LogP contribution in [0.5, 0.6) is 0 Å². The molecule has 0 unspecified atom stereocenters.